The van der Waals surface area contributed by atoms with Crippen LogP contribution < -0.4 is 14.8 Å². The lowest BCUT2D eigenvalue weighted by Gasteiger charge is -2.11. The normalized spacial score (nSPS) is 10.4. The number of aromatic nitrogens is 3. The van der Waals surface area contributed by atoms with Crippen LogP contribution in [-0.2, 0) is 0 Å². The molecule has 0 fully saturated rings. The summed E-state index contributed by atoms with van der Waals surface area (Å²) in [6, 6.07) is 7.40. The number of halogens is 1. The van der Waals surface area contributed by atoms with Crippen molar-refractivity contribution in [3.05, 3.63) is 29.3 Å². The summed E-state index contributed by atoms with van der Waals surface area (Å²) in [4.78, 5) is 12.3. The SMILES string of the molecule is CNc1nc(Oc2ccccc2Cl)nc(OC(C)C)n1. The Balaban J connectivity index is 2.29. The van der Waals surface area contributed by atoms with Crippen LogP contribution in [0, 0.1) is 0 Å². The van der Waals surface area contributed by atoms with Gasteiger partial charge in [0, 0.05) is 7.05 Å². The molecule has 1 N–H and O–H groups in total. The highest BCUT2D eigenvalue weighted by Gasteiger charge is 2.11. The molecule has 0 unspecified atom stereocenters. The summed E-state index contributed by atoms with van der Waals surface area (Å²) in [6.07, 6.45) is -0.0460. The molecule has 1 heterocycles. The predicted molar refractivity (Wildman–Crippen MR) is 76.7 cm³/mol. The van der Waals surface area contributed by atoms with Crippen molar-refractivity contribution in [2.24, 2.45) is 0 Å². The van der Waals surface area contributed by atoms with Crippen LogP contribution in [-0.4, -0.2) is 28.1 Å². The molecule has 0 bridgehead atoms. The van der Waals surface area contributed by atoms with E-state index in [-0.39, 0.29) is 18.1 Å². The Morgan fingerprint density at radius 2 is 1.80 bits per heavy atom. The highest BCUT2D eigenvalue weighted by molar-refractivity contribution is 6.32. The summed E-state index contributed by atoms with van der Waals surface area (Å²) in [5, 5.41) is 3.30. The highest BCUT2D eigenvalue weighted by Crippen LogP contribution is 2.27. The molecule has 0 atom stereocenters. The molecule has 0 aliphatic rings. The van der Waals surface area contributed by atoms with Crippen molar-refractivity contribution in [3.63, 3.8) is 0 Å². The number of ether oxygens (including phenoxy) is 2. The van der Waals surface area contributed by atoms with E-state index in [9.17, 15) is 0 Å². The van der Waals surface area contributed by atoms with Gasteiger partial charge in [-0.2, -0.15) is 9.97 Å². The van der Waals surface area contributed by atoms with Gasteiger partial charge in [0.1, 0.15) is 5.75 Å². The molecule has 0 aliphatic carbocycles. The smallest absolute Gasteiger partial charge is 0.330 e. The monoisotopic (exact) mass is 294 g/mol. The highest BCUT2D eigenvalue weighted by atomic mass is 35.5. The third-order valence-corrected chi connectivity index (χ3v) is 2.51. The van der Waals surface area contributed by atoms with Crippen LogP contribution in [0.3, 0.4) is 0 Å². The average Bonchev–Trinajstić information content (AvgIpc) is 2.40. The third-order valence-electron chi connectivity index (χ3n) is 2.20. The Bertz CT molecular complexity index is 592. The first-order chi connectivity index (χ1) is 9.58. The minimum absolute atomic E-state index is 0.0460. The lowest BCUT2D eigenvalue weighted by atomic mass is 10.3. The van der Waals surface area contributed by atoms with E-state index >= 15 is 0 Å². The minimum Gasteiger partial charge on any atom is -0.461 e. The molecule has 0 spiro atoms. The second-order valence-electron chi connectivity index (χ2n) is 4.17. The fraction of sp³-hybridized carbons (Fsp3) is 0.308. The summed E-state index contributed by atoms with van der Waals surface area (Å²) >= 11 is 6.03. The van der Waals surface area contributed by atoms with Gasteiger partial charge in [-0.15, -0.1) is 4.98 Å². The van der Waals surface area contributed by atoms with Gasteiger partial charge in [-0.3, -0.25) is 0 Å². The molecule has 106 valence electrons. The molecule has 20 heavy (non-hydrogen) atoms. The number of para-hydroxylation sites is 1. The average molecular weight is 295 g/mol. The number of hydrogen-bond donors (Lipinski definition) is 1. The van der Waals surface area contributed by atoms with E-state index < -0.39 is 0 Å². The van der Waals surface area contributed by atoms with Gasteiger partial charge in [-0.1, -0.05) is 23.7 Å². The molecule has 2 rings (SSSR count). The fourth-order valence-corrected chi connectivity index (χ4v) is 1.56. The molecular formula is C13H15ClN4O2. The van der Waals surface area contributed by atoms with Gasteiger partial charge in [-0.05, 0) is 26.0 Å². The summed E-state index contributed by atoms with van der Waals surface area (Å²) < 4.78 is 11.0. The second kappa shape index (κ2) is 6.38. The van der Waals surface area contributed by atoms with Crippen LogP contribution >= 0.6 is 11.6 Å². The first-order valence-corrected chi connectivity index (χ1v) is 6.49. The standard InChI is InChI=1S/C13H15ClN4O2/c1-8(2)19-12-16-11(15-3)17-13(18-12)20-10-7-5-4-6-9(10)14/h4-8H,1-3H3,(H,15,16,17,18). The van der Waals surface area contributed by atoms with Gasteiger partial charge in [0.05, 0.1) is 11.1 Å². The van der Waals surface area contributed by atoms with Crippen LogP contribution in [0.2, 0.25) is 5.02 Å². The van der Waals surface area contributed by atoms with Crippen LogP contribution in [0.1, 0.15) is 13.8 Å². The number of rotatable bonds is 5. The molecule has 0 radical (unpaired) electrons. The van der Waals surface area contributed by atoms with E-state index in [2.05, 4.69) is 20.3 Å². The van der Waals surface area contributed by atoms with Gasteiger partial charge >= 0.3 is 12.0 Å². The van der Waals surface area contributed by atoms with E-state index in [1.54, 1.807) is 19.2 Å². The number of nitrogens with one attached hydrogen (secondary N) is 1. The zero-order valence-corrected chi connectivity index (χ0v) is 12.2. The topological polar surface area (TPSA) is 69.2 Å². The maximum atomic E-state index is 6.03. The number of hydrogen-bond acceptors (Lipinski definition) is 6. The van der Waals surface area contributed by atoms with Gasteiger partial charge in [0.2, 0.25) is 5.95 Å². The molecule has 1 aromatic heterocycles. The predicted octanol–water partition coefficient (Wildman–Crippen LogP) is 3.15. The quantitative estimate of drug-likeness (QED) is 0.913. The van der Waals surface area contributed by atoms with E-state index in [0.29, 0.717) is 16.7 Å². The Morgan fingerprint density at radius 1 is 1.10 bits per heavy atom. The molecule has 7 heteroatoms. The maximum Gasteiger partial charge on any atom is 0.330 e. The van der Waals surface area contributed by atoms with Crippen molar-refractivity contribution < 1.29 is 9.47 Å². The summed E-state index contributed by atoms with van der Waals surface area (Å²) in [5.74, 6) is 0.829. The van der Waals surface area contributed by atoms with Gasteiger partial charge in [-0.25, -0.2) is 0 Å². The zero-order chi connectivity index (χ0) is 14.5. The molecule has 0 aliphatic heterocycles. The first-order valence-electron chi connectivity index (χ1n) is 6.11. The van der Waals surface area contributed by atoms with Gasteiger partial charge in [0.25, 0.3) is 0 Å². The molecule has 0 saturated heterocycles. The summed E-state index contributed by atoms with van der Waals surface area (Å²) in [6.45, 7) is 3.77. The van der Waals surface area contributed by atoms with Crippen molar-refractivity contribution in [1.82, 2.24) is 15.0 Å². The number of anilines is 1. The molecule has 2 aromatic rings. The minimum atomic E-state index is -0.0460. The first kappa shape index (κ1) is 14.3. The van der Waals surface area contributed by atoms with Crippen molar-refractivity contribution in [2.75, 3.05) is 12.4 Å². The van der Waals surface area contributed by atoms with Crippen LogP contribution in [0.25, 0.3) is 0 Å². The van der Waals surface area contributed by atoms with Gasteiger partial charge in [0.15, 0.2) is 0 Å². The van der Waals surface area contributed by atoms with Crippen molar-refractivity contribution in [3.8, 4) is 17.8 Å². The van der Waals surface area contributed by atoms with Crippen molar-refractivity contribution in [2.45, 2.75) is 20.0 Å². The molecular weight excluding hydrogens is 280 g/mol. The maximum absolute atomic E-state index is 6.03. The molecule has 0 amide bonds. The number of nitrogens with zero attached hydrogens (tertiary/aromatic N) is 3. The van der Waals surface area contributed by atoms with Crippen LogP contribution in [0.5, 0.6) is 17.8 Å². The van der Waals surface area contributed by atoms with Crippen LogP contribution in [0.15, 0.2) is 24.3 Å². The molecule has 6 nitrogen and oxygen atoms in total. The summed E-state index contributed by atoms with van der Waals surface area (Å²) in [5.41, 5.74) is 0. The zero-order valence-electron chi connectivity index (χ0n) is 11.4. The van der Waals surface area contributed by atoms with E-state index in [4.69, 9.17) is 21.1 Å². The second-order valence-corrected chi connectivity index (χ2v) is 4.58. The van der Waals surface area contributed by atoms with Crippen LogP contribution in [0.4, 0.5) is 5.95 Å². The summed E-state index contributed by atoms with van der Waals surface area (Å²) in [7, 11) is 1.70. The number of benzene rings is 1. The van der Waals surface area contributed by atoms with Gasteiger partial charge < -0.3 is 14.8 Å². The molecule has 0 saturated carbocycles. The van der Waals surface area contributed by atoms with Crippen molar-refractivity contribution >= 4 is 17.5 Å². The fourth-order valence-electron chi connectivity index (χ4n) is 1.38. The lowest BCUT2D eigenvalue weighted by molar-refractivity contribution is 0.218. The Labute approximate surface area is 122 Å². The van der Waals surface area contributed by atoms with E-state index in [0.717, 1.165) is 0 Å². The molecule has 1 aromatic carbocycles. The van der Waals surface area contributed by atoms with E-state index in [1.807, 2.05) is 26.0 Å². The third kappa shape index (κ3) is 3.71. The Kier molecular flexibility index (Phi) is 4.57. The lowest BCUT2D eigenvalue weighted by Crippen LogP contribution is -2.11. The Hall–Kier alpha value is -2.08. The van der Waals surface area contributed by atoms with E-state index in [1.165, 1.54) is 0 Å². The largest absolute Gasteiger partial charge is 0.461 e. The Morgan fingerprint density at radius 3 is 2.45 bits per heavy atom. The van der Waals surface area contributed by atoms with Crippen molar-refractivity contribution in [1.29, 1.82) is 0 Å².